The summed E-state index contributed by atoms with van der Waals surface area (Å²) in [5.41, 5.74) is 2.57. The Morgan fingerprint density at radius 3 is 2.63 bits per heavy atom. The molecule has 2 aromatic rings. The van der Waals surface area contributed by atoms with Gasteiger partial charge in [0, 0.05) is 16.4 Å². The fourth-order valence-corrected chi connectivity index (χ4v) is 4.07. The Hall–Kier alpha value is -2.97. The van der Waals surface area contributed by atoms with Crippen molar-refractivity contribution in [3.8, 4) is 17.2 Å². The highest BCUT2D eigenvalue weighted by atomic mass is 35.5. The number of anilines is 1. The third-order valence-corrected chi connectivity index (χ3v) is 5.54. The lowest BCUT2D eigenvalue weighted by Gasteiger charge is -2.37. The van der Waals surface area contributed by atoms with E-state index in [2.05, 4.69) is 5.32 Å². The molecule has 7 nitrogen and oxygen atoms in total. The number of esters is 1. The number of nitrogens with one attached hydrogen (secondary N) is 1. The molecule has 9 heteroatoms. The number of halogens is 1. The molecular weight excluding hydrogens is 428 g/mol. The Labute approximate surface area is 184 Å². The number of thiocarbonyl (C=S) groups is 1. The average Bonchev–Trinajstić information content (AvgIpc) is 3.22. The van der Waals surface area contributed by atoms with Gasteiger partial charge in [-0.3, -0.25) is 4.90 Å². The highest BCUT2D eigenvalue weighted by molar-refractivity contribution is 7.80. The number of ether oxygens (including phenoxy) is 4. The third kappa shape index (κ3) is 3.42. The fraction of sp³-hybridized carbons (Fsp3) is 0.238. The molecular formula is C21H19ClN2O5S. The quantitative estimate of drug-likeness (QED) is 0.559. The number of allylic oxidation sites excluding steroid dienone is 1. The molecule has 0 spiro atoms. The first kappa shape index (κ1) is 20.3. The van der Waals surface area contributed by atoms with Crippen LogP contribution in [0.15, 0.2) is 47.7 Å². The lowest BCUT2D eigenvalue weighted by Crippen LogP contribution is -2.48. The SMILES string of the molecule is COC(=O)C1=C(C)N(c2ccc(Cl)cc2)C(=S)N[C@@H]1c1cc(OC)c2c(c1)OCO2. The van der Waals surface area contributed by atoms with E-state index in [0.717, 1.165) is 11.3 Å². The number of nitrogens with zero attached hydrogens (tertiary/aromatic N) is 1. The first-order chi connectivity index (χ1) is 14.4. The van der Waals surface area contributed by atoms with Gasteiger partial charge in [0.05, 0.1) is 25.8 Å². The number of rotatable bonds is 4. The molecule has 4 rings (SSSR count). The lowest BCUT2D eigenvalue weighted by molar-refractivity contribution is -0.136. The second kappa shape index (κ2) is 8.04. The van der Waals surface area contributed by atoms with Crippen molar-refractivity contribution in [1.29, 1.82) is 0 Å². The van der Waals surface area contributed by atoms with Crippen molar-refractivity contribution in [2.75, 3.05) is 25.9 Å². The van der Waals surface area contributed by atoms with E-state index < -0.39 is 12.0 Å². The Morgan fingerprint density at radius 1 is 1.23 bits per heavy atom. The molecule has 0 unspecified atom stereocenters. The molecule has 1 N–H and O–H groups in total. The predicted octanol–water partition coefficient (Wildman–Crippen LogP) is 3.96. The van der Waals surface area contributed by atoms with Gasteiger partial charge in [0.1, 0.15) is 0 Å². The second-order valence-corrected chi connectivity index (χ2v) is 7.47. The number of hydrogen-bond donors (Lipinski definition) is 1. The molecule has 0 aromatic heterocycles. The highest BCUT2D eigenvalue weighted by Crippen LogP contribution is 2.45. The lowest BCUT2D eigenvalue weighted by atomic mass is 9.94. The minimum absolute atomic E-state index is 0.106. The standard InChI is InChI=1S/C21H19ClN2O5S/c1-11-17(20(25)27-3)18(12-8-15(26-2)19-16(9-12)28-10-29-19)23-21(30)24(11)14-6-4-13(22)5-7-14/h4-9,18H,10H2,1-3H3,(H,23,30)/t18-/m1/s1. The first-order valence-corrected chi connectivity index (χ1v) is 9.86. The molecule has 0 bridgehead atoms. The van der Waals surface area contributed by atoms with Gasteiger partial charge in [0.25, 0.3) is 0 Å². The zero-order valence-corrected chi connectivity index (χ0v) is 18.1. The monoisotopic (exact) mass is 446 g/mol. The summed E-state index contributed by atoms with van der Waals surface area (Å²) < 4.78 is 21.5. The Morgan fingerprint density at radius 2 is 1.97 bits per heavy atom. The van der Waals surface area contributed by atoms with Gasteiger partial charge in [-0.1, -0.05) is 11.6 Å². The summed E-state index contributed by atoms with van der Waals surface area (Å²) in [6.45, 7) is 1.93. The van der Waals surface area contributed by atoms with Crippen LogP contribution in [-0.2, 0) is 9.53 Å². The molecule has 2 aromatic carbocycles. The van der Waals surface area contributed by atoms with Gasteiger partial charge < -0.3 is 24.3 Å². The molecule has 0 amide bonds. The molecule has 0 fully saturated rings. The largest absolute Gasteiger partial charge is 0.493 e. The molecule has 2 heterocycles. The van der Waals surface area contributed by atoms with E-state index in [0.29, 0.717) is 38.7 Å². The fourth-order valence-electron chi connectivity index (χ4n) is 3.58. The smallest absolute Gasteiger partial charge is 0.337 e. The van der Waals surface area contributed by atoms with E-state index in [1.807, 2.05) is 19.1 Å². The van der Waals surface area contributed by atoms with Crippen LogP contribution in [0, 0.1) is 0 Å². The maximum atomic E-state index is 12.8. The Balaban J connectivity index is 1.84. The van der Waals surface area contributed by atoms with Crippen molar-refractivity contribution in [3.63, 3.8) is 0 Å². The van der Waals surface area contributed by atoms with Gasteiger partial charge in [0.2, 0.25) is 12.5 Å². The number of fused-ring (bicyclic) bond motifs is 1. The van der Waals surface area contributed by atoms with Crippen LogP contribution in [-0.4, -0.2) is 32.1 Å². The van der Waals surface area contributed by atoms with E-state index in [1.165, 1.54) is 7.11 Å². The van der Waals surface area contributed by atoms with Gasteiger partial charge in [-0.25, -0.2) is 4.79 Å². The molecule has 156 valence electrons. The highest BCUT2D eigenvalue weighted by Gasteiger charge is 2.36. The maximum absolute atomic E-state index is 12.8. The number of hydrogen-bond acceptors (Lipinski definition) is 6. The third-order valence-electron chi connectivity index (χ3n) is 4.99. The van der Waals surface area contributed by atoms with Gasteiger partial charge >= 0.3 is 5.97 Å². The number of carbonyl (C=O) groups excluding carboxylic acids is 1. The zero-order chi connectivity index (χ0) is 21.4. The normalized spacial score (nSPS) is 17.7. The predicted molar refractivity (Wildman–Crippen MR) is 116 cm³/mol. The molecule has 1 atom stereocenters. The second-order valence-electron chi connectivity index (χ2n) is 6.64. The molecule has 0 saturated carbocycles. The van der Waals surface area contributed by atoms with Crippen LogP contribution in [0.25, 0.3) is 0 Å². The topological polar surface area (TPSA) is 69.3 Å². The van der Waals surface area contributed by atoms with Gasteiger partial charge in [-0.05, 0) is 61.1 Å². The summed E-state index contributed by atoms with van der Waals surface area (Å²) >= 11 is 11.7. The zero-order valence-electron chi connectivity index (χ0n) is 16.5. The van der Waals surface area contributed by atoms with Crippen LogP contribution in [0.1, 0.15) is 18.5 Å². The molecule has 2 aliphatic heterocycles. The molecule has 2 aliphatic rings. The number of methoxy groups -OCH3 is 2. The van der Waals surface area contributed by atoms with Gasteiger partial charge in [-0.2, -0.15) is 0 Å². The van der Waals surface area contributed by atoms with E-state index in [1.54, 1.807) is 36.3 Å². The van der Waals surface area contributed by atoms with Crippen LogP contribution in [0.5, 0.6) is 17.2 Å². The van der Waals surface area contributed by atoms with Crippen LogP contribution in [0.2, 0.25) is 5.02 Å². The van der Waals surface area contributed by atoms with Gasteiger partial charge in [-0.15, -0.1) is 0 Å². The number of benzene rings is 2. The summed E-state index contributed by atoms with van der Waals surface area (Å²) in [5.74, 6) is 1.11. The Bertz CT molecular complexity index is 1050. The van der Waals surface area contributed by atoms with Crippen molar-refractivity contribution in [1.82, 2.24) is 5.32 Å². The van der Waals surface area contributed by atoms with E-state index >= 15 is 0 Å². The van der Waals surface area contributed by atoms with E-state index in [-0.39, 0.29) is 6.79 Å². The maximum Gasteiger partial charge on any atom is 0.337 e. The van der Waals surface area contributed by atoms with Crippen LogP contribution in [0.3, 0.4) is 0 Å². The summed E-state index contributed by atoms with van der Waals surface area (Å²) in [6, 6.07) is 10.2. The van der Waals surface area contributed by atoms with Crippen molar-refractivity contribution < 1.29 is 23.7 Å². The van der Waals surface area contributed by atoms with E-state index in [9.17, 15) is 4.79 Å². The number of carbonyl (C=O) groups is 1. The van der Waals surface area contributed by atoms with Crippen LogP contribution >= 0.6 is 23.8 Å². The minimum Gasteiger partial charge on any atom is -0.493 e. The average molecular weight is 447 g/mol. The molecule has 0 radical (unpaired) electrons. The molecule has 0 saturated heterocycles. The summed E-state index contributed by atoms with van der Waals surface area (Å²) in [6.07, 6.45) is 0. The van der Waals surface area contributed by atoms with Crippen molar-refractivity contribution in [2.24, 2.45) is 0 Å². The van der Waals surface area contributed by atoms with E-state index in [4.69, 9.17) is 42.8 Å². The van der Waals surface area contributed by atoms with Crippen molar-refractivity contribution >= 4 is 40.6 Å². The summed E-state index contributed by atoms with van der Waals surface area (Å²) in [7, 11) is 2.89. The van der Waals surface area contributed by atoms with Crippen LogP contribution < -0.4 is 24.4 Å². The summed E-state index contributed by atoms with van der Waals surface area (Å²) in [4.78, 5) is 14.6. The van der Waals surface area contributed by atoms with Crippen molar-refractivity contribution in [2.45, 2.75) is 13.0 Å². The molecule has 30 heavy (non-hydrogen) atoms. The Kier molecular flexibility index (Phi) is 5.44. The van der Waals surface area contributed by atoms with Crippen molar-refractivity contribution in [3.05, 3.63) is 58.3 Å². The molecule has 0 aliphatic carbocycles. The first-order valence-electron chi connectivity index (χ1n) is 9.07. The van der Waals surface area contributed by atoms with Gasteiger partial charge in [0.15, 0.2) is 16.6 Å². The minimum atomic E-state index is -0.558. The van der Waals surface area contributed by atoms with Crippen LogP contribution in [0.4, 0.5) is 5.69 Å². The summed E-state index contributed by atoms with van der Waals surface area (Å²) in [5, 5.41) is 4.29.